The third-order valence-electron chi connectivity index (χ3n) is 4.45. The molecule has 0 N–H and O–H groups in total. The molecule has 3 nitrogen and oxygen atoms in total. The predicted octanol–water partition coefficient (Wildman–Crippen LogP) is 3.36. The molecule has 1 fully saturated rings. The van der Waals surface area contributed by atoms with Crippen LogP contribution in [0.5, 0.6) is 0 Å². The highest BCUT2D eigenvalue weighted by Gasteiger charge is 2.26. The van der Waals surface area contributed by atoms with Crippen molar-refractivity contribution in [2.24, 2.45) is 5.92 Å². The first-order valence-corrected chi connectivity index (χ1v) is 8.64. The van der Waals surface area contributed by atoms with Gasteiger partial charge in [0.15, 0.2) is 0 Å². The Bertz CT molecular complexity index is 435. The van der Waals surface area contributed by atoms with Gasteiger partial charge >= 0.3 is 0 Å². The molecule has 0 amide bonds. The van der Waals surface area contributed by atoms with E-state index in [1.54, 1.807) is 6.33 Å². The summed E-state index contributed by atoms with van der Waals surface area (Å²) in [5.74, 6) is 2.07. The van der Waals surface area contributed by atoms with E-state index in [0.717, 1.165) is 17.7 Å². The van der Waals surface area contributed by atoms with Crippen LogP contribution >= 0.6 is 15.9 Å². The maximum Gasteiger partial charge on any atom is 0.135 e. The summed E-state index contributed by atoms with van der Waals surface area (Å²) >= 11 is 3.56. The van der Waals surface area contributed by atoms with Crippen LogP contribution in [-0.4, -0.2) is 28.4 Å². The summed E-state index contributed by atoms with van der Waals surface area (Å²) < 4.78 is 0. The van der Waals surface area contributed by atoms with Crippen LogP contribution in [0.3, 0.4) is 0 Å². The van der Waals surface area contributed by atoms with Gasteiger partial charge in [0.1, 0.15) is 12.1 Å². The van der Waals surface area contributed by atoms with E-state index in [9.17, 15) is 0 Å². The Balaban J connectivity index is 1.81. The van der Waals surface area contributed by atoms with Gasteiger partial charge in [0.2, 0.25) is 0 Å². The SMILES string of the molecule is BrCCC1CCN(c2ncnc3c2CCCCC3)C1. The second-order valence-corrected chi connectivity index (χ2v) is 6.55. The van der Waals surface area contributed by atoms with Crippen molar-refractivity contribution in [1.82, 2.24) is 9.97 Å². The second-order valence-electron chi connectivity index (χ2n) is 5.76. The molecule has 1 aliphatic heterocycles. The minimum atomic E-state index is 0.829. The van der Waals surface area contributed by atoms with Crippen molar-refractivity contribution in [3.63, 3.8) is 0 Å². The highest BCUT2D eigenvalue weighted by atomic mass is 79.9. The van der Waals surface area contributed by atoms with Gasteiger partial charge in [-0.2, -0.15) is 0 Å². The zero-order chi connectivity index (χ0) is 13.1. The Morgan fingerprint density at radius 1 is 1.21 bits per heavy atom. The molecule has 1 aromatic heterocycles. The van der Waals surface area contributed by atoms with Gasteiger partial charge in [0, 0.05) is 29.7 Å². The van der Waals surface area contributed by atoms with Gasteiger partial charge in [0.25, 0.3) is 0 Å². The molecule has 0 aromatic carbocycles. The summed E-state index contributed by atoms with van der Waals surface area (Å²) in [6, 6.07) is 0. The Hall–Kier alpha value is -0.640. The fraction of sp³-hybridized carbons (Fsp3) is 0.733. The quantitative estimate of drug-likeness (QED) is 0.631. The molecule has 104 valence electrons. The molecule has 0 spiro atoms. The molecule has 1 saturated heterocycles. The van der Waals surface area contributed by atoms with E-state index >= 15 is 0 Å². The van der Waals surface area contributed by atoms with E-state index in [-0.39, 0.29) is 0 Å². The van der Waals surface area contributed by atoms with Gasteiger partial charge in [-0.05, 0) is 44.4 Å². The largest absolute Gasteiger partial charge is 0.356 e. The molecule has 3 rings (SSSR count). The van der Waals surface area contributed by atoms with Crippen LogP contribution in [0.4, 0.5) is 5.82 Å². The van der Waals surface area contributed by atoms with Crippen molar-refractivity contribution in [1.29, 1.82) is 0 Å². The van der Waals surface area contributed by atoms with Crippen LogP contribution in [0.1, 0.15) is 43.4 Å². The molecule has 1 aromatic rings. The van der Waals surface area contributed by atoms with E-state index in [2.05, 4.69) is 30.8 Å². The lowest BCUT2D eigenvalue weighted by molar-refractivity contribution is 0.575. The smallest absolute Gasteiger partial charge is 0.135 e. The number of hydrogen-bond donors (Lipinski definition) is 0. The number of nitrogens with zero attached hydrogens (tertiary/aromatic N) is 3. The fourth-order valence-electron chi connectivity index (χ4n) is 3.37. The minimum Gasteiger partial charge on any atom is -0.356 e. The van der Waals surface area contributed by atoms with Crippen molar-refractivity contribution in [2.75, 3.05) is 23.3 Å². The number of halogens is 1. The number of anilines is 1. The van der Waals surface area contributed by atoms with Gasteiger partial charge in [0.05, 0.1) is 0 Å². The molecule has 0 radical (unpaired) electrons. The topological polar surface area (TPSA) is 29.0 Å². The number of hydrogen-bond acceptors (Lipinski definition) is 3. The van der Waals surface area contributed by atoms with Crippen LogP contribution in [0.25, 0.3) is 0 Å². The van der Waals surface area contributed by atoms with E-state index < -0.39 is 0 Å². The van der Waals surface area contributed by atoms with Gasteiger partial charge in [-0.1, -0.05) is 22.4 Å². The highest BCUT2D eigenvalue weighted by molar-refractivity contribution is 9.09. The van der Waals surface area contributed by atoms with E-state index in [1.807, 2.05) is 0 Å². The lowest BCUT2D eigenvalue weighted by Gasteiger charge is -2.21. The first-order chi connectivity index (χ1) is 9.38. The van der Waals surface area contributed by atoms with E-state index in [1.165, 1.54) is 68.7 Å². The molecule has 19 heavy (non-hydrogen) atoms. The van der Waals surface area contributed by atoms with Crippen LogP contribution in [0.15, 0.2) is 6.33 Å². The summed E-state index contributed by atoms with van der Waals surface area (Å²) in [7, 11) is 0. The lowest BCUT2D eigenvalue weighted by atomic mass is 10.1. The van der Waals surface area contributed by atoms with Gasteiger partial charge in [-0.25, -0.2) is 9.97 Å². The predicted molar refractivity (Wildman–Crippen MR) is 82.0 cm³/mol. The highest BCUT2D eigenvalue weighted by Crippen LogP contribution is 2.31. The van der Waals surface area contributed by atoms with Gasteiger partial charge in [-0.15, -0.1) is 0 Å². The molecule has 1 unspecified atom stereocenters. The van der Waals surface area contributed by atoms with Crippen molar-refractivity contribution in [3.05, 3.63) is 17.6 Å². The van der Waals surface area contributed by atoms with E-state index in [0.29, 0.717) is 0 Å². The van der Waals surface area contributed by atoms with Crippen LogP contribution in [0, 0.1) is 5.92 Å². The summed E-state index contributed by atoms with van der Waals surface area (Å²) in [5, 5.41) is 1.12. The maximum absolute atomic E-state index is 4.61. The molecule has 1 aliphatic carbocycles. The van der Waals surface area contributed by atoms with E-state index in [4.69, 9.17) is 0 Å². The van der Waals surface area contributed by atoms with Crippen molar-refractivity contribution >= 4 is 21.7 Å². The molecular weight excluding hydrogens is 302 g/mol. The van der Waals surface area contributed by atoms with Crippen molar-refractivity contribution < 1.29 is 0 Å². The van der Waals surface area contributed by atoms with Crippen molar-refractivity contribution in [3.8, 4) is 0 Å². The first kappa shape index (κ1) is 13.3. The maximum atomic E-state index is 4.61. The molecule has 0 bridgehead atoms. The van der Waals surface area contributed by atoms with Crippen LogP contribution in [-0.2, 0) is 12.8 Å². The molecular formula is C15H22BrN3. The second kappa shape index (κ2) is 6.21. The standard InChI is InChI=1S/C15H22BrN3/c16-8-6-12-7-9-19(10-12)15-13-4-2-1-3-5-14(13)17-11-18-15/h11-12H,1-10H2. The first-order valence-electron chi connectivity index (χ1n) is 7.52. The Labute approximate surface area is 124 Å². The molecule has 2 aliphatic rings. The summed E-state index contributed by atoms with van der Waals surface area (Å²) in [6.07, 6.45) is 10.6. The summed E-state index contributed by atoms with van der Waals surface area (Å²) in [6.45, 7) is 2.34. The number of alkyl halides is 1. The number of fused-ring (bicyclic) bond motifs is 1. The van der Waals surface area contributed by atoms with Gasteiger partial charge in [-0.3, -0.25) is 0 Å². The average Bonchev–Trinajstić information content (AvgIpc) is 2.75. The number of rotatable bonds is 3. The lowest BCUT2D eigenvalue weighted by Crippen LogP contribution is -2.23. The number of aromatic nitrogens is 2. The zero-order valence-corrected chi connectivity index (χ0v) is 13.0. The van der Waals surface area contributed by atoms with Gasteiger partial charge < -0.3 is 4.90 Å². The monoisotopic (exact) mass is 323 g/mol. The average molecular weight is 324 g/mol. The van der Waals surface area contributed by atoms with Crippen LogP contribution < -0.4 is 4.90 Å². The third-order valence-corrected chi connectivity index (χ3v) is 4.91. The Morgan fingerprint density at radius 3 is 3.00 bits per heavy atom. The van der Waals surface area contributed by atoms with Crippen LogP contribution in [0.2, 0.25) is 0 Å². The molecule has 2 heterocycles. The van der Waals surface area contributed by atoms with Crippen molar-refractivity contribution in [2.45, 2.75) is 44.9 Å². The fourth-order valence-corrected chi connectivity index (χ4v) is 4.02. The minimum absolute atomic E-state index is 0.829. The zero-order valence-electron chi connectivity index (χ0n) is 11.4. The summed E-state index contributed by atoms with van der Waals surface area (Å²) in [5.41, 5.74) is 2.76. The third kappa shape index (κ3) is 2.93. The Morgan fingerprint density at radius 2 is 2.11 bits per heavy atom. The summed E-state index contributed by atoms with van der Waals surface area (Å²) in [4.78, 5) is 11.6. The number of aryl methyl sites for hydroxylation is 1. The molecule has 1 atom stereocenters. The molecule has 0 saturated carbocycles. The normalized spacial score (nSPS) is 23.2. The molecule has 4 heteroatoms. The Kier molecular flexibility index (Phi) is 4.36.